The van der Waals surface area contributed by atoms with E-state index in [2.05, 4.69) is 0 Å². The van der Waals surface area contributed by atoms with Crippen molar-refractivity contribution in [2.24, 2.45) is 0 Å². The Balaban J connectivity index is 1.94. The Morgan fingerprint density at radius 2 is 2.33 bits per heavy atom. The molecule has 0 aromatic carbocycles. The second-order valence-corrected chi connectivity index (χ2v) is 2.18. The van der Waals surface area contributed by atoms with Crippen molar-refractivity contribution in [2.75, 3.05) is 6.61 Å². The SMILES string of the molecule is CC=COCC1OC1C. The molecule has 1 rings (SSSR count). The van der Waals surface area contributed by atoms with Crippen LogP contribution in [0.3, 0.4) is 0 Å². The molecule has 1 fully saturated rings. The van der Waals surface area contributed by atoms with E-state index in [9.17, 15) is 0 Å². The van der Waals surface area contributed by atoms with E-state index in [0.717, 1.165) is 0 Å². The van der Waals surface area contributed by atoms with Crippen LogP contribution in [0.25, 0.3) is 0 Å². The monoisotopic (exact) mass is 128 g/mol. The fraction of sp³-hybridized carbons (Fsp3) is 0.714. The van der Waals surface area contributed by atoms with Crippen molar-refractivity contribution >= 4 is 0 Å². The predicted octanol–water partition coefficient (Wildman–Crippen LogP) is 1.32. The van der Waals surface area contributed by atoms with Crippen LogP contribution in [0.2, 0.25) is 0 Å². The highest BCUT2D eigenvalue weighted by Crippen LogP contribution is 2.20. The van der Waals surface area contributed by atoms with E-state index in [0.29, 0.717) is 18.8 Å². The molecule has 1 aliphatic heterocycles. The molecule has 1 heterocycles. The number of ether oxygens (including phenoxy) is 2. The summed E-state index contributed by atoms with van der Waals surface area (Å²) in [7, 11) is 0. The fourth-order valence-electron chi connectivity index (χ4n) is 0.652. The van der Waals surface area contributed by atoms with Gasteiger partial charge in [0.15, 0.2) is 0 Å². The second kappa shape index (κ2) is 2.87. The van der Waals surface area contributed by atoms with Gasteiger partial charge in [-0.2, -0.15) is 0 Å². The molecule has 0 amide bonds. The summed E-state index contributed by atoms with van der Waals surface area (Å²) in [6, 6.07) is 0. The van der Waals surface area contributed by atoms with Gasteiger partial charge in [0.25, 0.3) is 0 Å². The van der Waals surface area contributed by atoms with Crippen molar-refractivity contribution in [1.29, 1.82) is 0 Å². The molecule has 0 aromatic rings. The molecule has 1 saturated heterocycles. The van der Waals surface area contributed by atoms with Gasteiger partial charge in [-0.25, -0.2) is 0 Å². The van der Waals surface area contributed by atoms with Crippen LogP contribution < -0.4 is 0 Å². The lowest BCUT2D eigenvalue weighted by molar-refractivity contribution is 0.211. The standard InChI is InChI=1S/C7H12O2/c1-3-4-8-5-7-6(2)9-7/h3-4,6-7H,5H2,1-2H3. The number of hydrogen-bond acceptors (Lipinski definition) is 2. The lowest BCUT2D eigenvalue weighted by atomic mass is 10.4. The summed E-state index contributed by atoms with van der Waals surface area (Å²) >= 11 is 0. The largest absolute Gasteiger partial charge is 0.499 e. The van der Waals surface area contributed by atoms with Crippen LogP contribution in [-0.4, -0.2) is 18.8 Å². The number of rotatable bonds is 3. The Hall–Kier alpha value is -0.500. The van der Waals surface area contributed by atoms with Crippen molar-refractivity contribution in [3.05, 3.63) is 12.3 Å². The molecule has 0 bridgehead atoms. The van der Waals surface area contributed by atoms with Crippen molar-refractivity contribution in [3.8, 4) is 0 Å². The molecule has 0 aliphatic carbocycles. The van der Waals surface area contributed by atoms with E-state index < -0.39 is 0 Å². The molecular weight excluding hydrogens is 116 g/mol. The maximum absolute atomic E-state index is 5.10. The first-order chi connectivity index (χ1) is 4.34. The third-order valence-electron chi connectivity index (χ3n) is 1.33. The minimum Gasteiger partial charge on any atom is -0.499 e. The molecule has 52 valence electrons. The number of allylic oxidation sites excluding steroid dienone is 1. The Morgan fingerprint density at radius 3 is 2.78 bits per heavy atom. The van der Waals surface area contributed by atoms with Gasteiger partial charge in [0.05, 0.1) is 12.4 Å². The molecule has 2 unspecified atom stereocenters. The summed E-state index contributed by atoms with van der Waals surface area (Å²) in [6.45, 7) is 4.67. The molecule has 9 heavy (non-hydrogen) atoms. The summed E-state index contributed by atoms with van der Waals surface area (Å²) in [5.41, 5.74) is 0. The molecule has 0 saturated carbocycles. The first kappa shape index (κ1) is 6.62. The Bertz CT molecular complexity index is 109. The van der Waals surface area contributed by atoms with Crippen LogP contribution in [0.1, 0.15) is 13.8 Å². The van der Waals surface area contributed by atoms with E-state index in [1.807, 2.05) is 19.9 Å². The van der Waals surface area contributed by atoms with Gasteiger partial charge >= 0.3 is 0 Å². The van der Waals surface area contributed by atoms with Gasteiger partial charge < -0.3 is 9.47 Å². The van der Waals surface area contributed by atoms with Crippen LogP contribution in [0.4, 0.5) is 0 Å². The zero-order valence-corrected chi connectivity index (χ0v) is 5.83. The summed E-state index contributed by atoms with van der Waals surface area (Å²) in [6.07, 6.45) is 4.32. The molecule has 0 spiro atoms. The smallest absolute Gasteiger partial charge is 0.118 e. The maximum atomic E-state index is 5.10. The zero-order valence-electron chi connectivity index (χ0n) is 5.83. The van der Waals surface area contributed by atoms with Crippen molar-refractivity contribution < 1.29 is 9.47 Å². The van der Waals surface area contributed by atoms with Crippen LogP contribution in [0.15, 0.2) is 12.3 Å². The Kier molecular flexibility index (Phi) is 2.11. The topological polar surface area (TPSA) is 21.8 Å². The van der Waals surface area contributed by atoms with Crippen LogP contribution in [-0.2, 0) is 9.47 Å². The third-order valence-corrected chi connectivity index (χ3v) is 1.33. The molecule has 1 aliphatic rings. The highest BCUT2D eigenvalue weighted by atomic mass is 16.6. The van der Waals surface area contributed by atoms with E-state index in [1.54, 1.807) is 6.26 Å². The van der Waals surface area contributed by atoms with Gasteiger partial charge in [0.2, 0.25) is 0 Å². The summed E-state index contributed by atoms with van der Waals surface area (Å²) < 4.78 is 10.2. The number of epoxide rings is 1. The average Bonchev–Trinajstić information content (AvgIpc) is 2.48. The molecule has 0 N–H and O–H groups in total. The molecule has 0 radical (unpaired) electrons. The van der Waals surface area contributed by atoms with Crippen molar-refractivity contribution in [2.45, 2.75) is 26.1 Å². The van der Waals surface area contributed by atoms with Crippen LogP contribution >= 0.6 is 0 Å². The first-order valence-corrected chi connectivity index (χ1v) is 3.23. The fourth-order valence-corrected chi connectivity index (χ4v) is 0.652. The van der Waals surface area contributed by atoms with E-state index >= 15 is 0 Å². The molecule has 2 atom stereocenters. The summed E-state index contributed by atoms with van der Waals surface area (Å²) in [5, 5.41) is 0. The van der Waals surface area contributed by atoms with Gasteiger partial charge in [-0.1, -0.05) is 6.08 Å². The molecule has 2 nitrogen and oxygen atoms in total. The minimum absolute atomic E-state index is 0.348. The first-order valence-electron chi connectivity index (χ1n) is 3.23. The normalized spacial score (nSPS) is 33.1. The average molecular weight is 128 g/mol. The molecule has 0 aromatic heterocycles. The van der Waals surface area contributed by atoms with E-state index in [-0.39, 0.29) is 0 Å². The summed E-state index contributed by atoms with van der Waals surface area (Å²) in [5.74, 6) is 0. The quantitative estimate of drug-likeness (QED) is 0.422. The van der Waals surface area contributed by atoms with Gasteiger partial charge in [0.1, 0.15) is 12.7 Å². The number of hydrogen-bond donors (Lipinski definition) is 0. The predicted molar refractivity (Wildman–Crippen MR) is 35.1 cm³/mol. The van der Waals surface area contributed by atoms with Crippen LogP contribution in [0, 0.1) is 0 Å². The van der Waals surface area contributed by atoms with Crippen molar-refractivity contribution in [3.63, 3.8) is 0 Å². The minimum atomic E-state index is 0.348. The van der Waals surface area contributed by atoms with E-state index in [1.165, 1.54) is 0 Å². The zero-order chi connectivity index (χ0) is 6.69. The maximum Gasteiger partial charge on any atom is 0.118 e. The lowest BCUT2D eigenvalue weighted by Gasteiger charge is -1.92. The van der Waals surface area contributed by atoms with Gasteiger partial charge in [-0.15, -0.1) is 0 Å². The van der Waals surface area contributed by atoms with Crippen molar-refractivity contribution in [1.82, 2.24) is 0 Å². The highest BCUT2D eigenvalue weighted by molar-refractivity contribution is 4.80. The molecular formula is C7H12O2. The van der Waals surface area contributed by atoms with E-state index in [4.69, 9.17) is 9.47 Å². The highest BCUT2D eigenvalue weighted by Gasteiger charge is 2.34. The Morgan fingerprint density at radius 1 is 1.67 bits per heavy atom. The van der Waals surface area contributed by atoms with Gasteiger partial charge in [0, 0.05) is 0 Å². The van der Waals surface area contributed by atoms with Crippen LogP contribution in [0.5, 0.6) is 0 Å². The second-order valence-electron chi connectivity index (χ2n) is 2.18. The van der Waals surface area contributed by atoms with Gasteiger partial charge in [-0.05, 0) is 13.8 Å². The summed E-state index contributed by atoms with van der Waals surface area (Å²) in [4.78, 5) is 0. The third kappa shape index (κ3) is 2.06. The van der Waals surface area contributed by atoms with Gasteiger partial charge in [-0.3, -0.25) is 0 Å². The lowest BCUT2D eigenvalue weighted by Crippen LogP contribution is -1.98. The molecule has 2 heteroatoms. The Labute approximate surface area is 55.5 Å².